The van der Waals surface area contributed by atoms with Crippen molar-refractivity contribution in [3.8, 4) is 69.5 Å². The third-order valence-electron chi connectivity index (χ3n) is 22.1. The number of rotatable bonds is 10. The lowest BCUT2D eigenvalue weighted by atomic mass is 10.1. The number of fused-ring (bicyclic) bond motifs is 21. The molecule has 116 heavy (non-hydrogen) atoms. The number of furan rings is 2. The van der Waals surface area contributed by atoms with Crippen LogP contribution in [-0.4, -0.2) is 23.3 Å². The van der Waals surface area contributed by atoms with Gasteiger partial charge in [0, 0.05) is 103 Å². The molecule has 16 aromatic carbocycles. The fourth-order valence-corrected chi connectivity index (χ4v) is 18.1. The van der Waals surface area contributed by atoms with Crippen molar-refractivity contribution in [2.75, 3.05) is 0 Å². The molecule has 24 rings (SSSR count). The smallest absolute Gasteiger partial charge is 0.219 e. The van der Waals surface area contributed by atoms with Gasteiger partial charge in [-0.2, -0.15) is 10.5 Å². The van der Waals surface area contributed by atoms with Crippen LogP contribution in [0.2, 0.25) is 0 Å². The first-order valence-electron chi connectivity index (χ1n) is 38.2. The molecule has 0 saturated carbocycles. The summed E-state index contributed by atoms with van der Waals surface area (Å²) in [6.45, 7) is 0. The quantitative estimate of drug-likeness (QED) is 0.132. The second-order valence-corrected chi connectivity index (χ2v) is 29.7. The highest BCUT2D eigenvalue weighted by molar-refractivity contribution is 7.26. The molecule has 0 atom stereocenters. The first kappa shape index (κ1) is 67.0. The van der Waals surface area contributed by atoms with Crippen molar-refractivity contribution in [2.24, 2.45) is 0 Å². The maximum atomic E-state index is 10.3. The molecule has 544 valence electrons. The fourth-order valence-electron chi connectivity index (χ4n) is 17.0. The van der Waals surface area contributed by atoms with Crippen molar-refractivity contribution in [1.29, 1.82) is 10.5 Å². The molecule has 0 aliphatic carbocycles. The predicted molar refractivity (Wildman–Crippen MR) is 471 cm³/mol. The zero-order valence-electron chi connectivity index (χ0n) is 61.8. The molecular formula is C103H61N7O5S. The average molecular weight is 1510 g/mol. The summed E-state index contributed by atoms with van der Waals surface area (Å²) in [5.41, 5.74) is 16.9. The first-order valence-corrected chi connectivity index (χ1v) is 39.0. The van der Waals surface area contributed by atoms with Crippen LogP contribution in [0.5, 0.6) is 34.6 Å². The third-order valence-corrected chi connectivity index (χ3v) is 23.3. The number of nitriles is 2. The zero-order chi connectivity index (χ0) is 76.9. The van der Waals surface area contributed by atoms with Gasteiger partial charge in [0.2, 0.25) is 5.88 Å². The molecule has 8 aromatic heterocycles. The van der Waals surface area contributed by atoms with Gasteiger partial charge >= 0.3 is 0 Å². The summed E-state index contributed by atoms with van der Waals surface area (Å²) < 4.78 is 42.4. The molecule has 0 saturated heterocycles. The number of benzene rings is 16. The number of hydrogen-bond acceptors (Lipinski definition) is 9. The van der Waals surface area contributed by atoms with Crippen LogP contribution in [0.4, 0.5) is 0 Å². The molecule has 24 aromatic rings. The van der Waals surface area contributed by atoms with Gasteiger partial charge in [0.25, 0.3) is 0 Å². The Hall–Kier alpha value is -15.9. The zero-order valence-corrected chi connectivity index (χ0v) is 62.6. The van der Waals surface area contributed by atoms with Crippen LogP contribution in [0.25, 0.3) is 174 Å². The Labute approximate surface area is 665 Å². The van der Waals surface area contributed by atoms with Crippen LogP contribution in [0.15, 0.2) is 379 Å². The van der Waals surface area contributed by atoms with Crippen LogP contribution < -0.4 is 14.2 Å². The molecular weight excluding hydrogens is 1450 g/mol. The summed E-state index contributed by atoms with van der Waals surface area (Å²) >= 11 is 1.71. The molecule has 0 radical (unpaired) electrons. The Kier molecular flexibility index (Phi) is 15.9. The topological polar surface area (TPSA) is 134 Å². The van der Waals surface area contributed by atoms with Gasteiger partial charge in [-0.05, 0) is 140 Å². The SMILES string of the molecule is N#Cc1cc(-n2c3ccccc3c3cc(-n4c5ccccc5c5ccccc54)ccc32)ccc1Oc1cccc2c1sc1ccccc12.N#Cc1cc(-n2c3ccccc3c3ccccc32)ccc1Oc1cccc2c1oc1ccccc12.c1ccc2c(c1)oc1c(Oc3ccc(-n4c5ccccc5c5ccccc54)cn3)cccc12. The van der Waals surface area contributed by atoms with Gasteiger partial charge in [-0.1, -0.05) is 218 Å². The van der Waals surface area contributed by atoms with E-state index < -0.39 is 0 Å². The molecule has 0 bridgehead atoms. The van der Waals surface area contributed by atoms with Crippen LogP contribution in [0.1, 0.15) is 11.1 Å². The molecule has 0 unspecified atom stereocenters. The van der Waals surface area contributed by atoms with E-state index in [0.717, 1.165) is 121 Å². The lowest BCUT2D eigenvalue weighted by Gasteiger charge is -2.13. The summed E-state index contributed by atoms with van der Waals surface area (Å²) in [5, 5.41) is 36.5. The van der Waals surface area contributed by atoms with Crippen molar-refractivity contribution in [3.63, 3.8) is 0 Å². The predicted octanol–water partition coefficient (Wildman–Crippen LogP) is 28.1. The molecule has 0 fully saturated rings. The molecule has 8 heterocycles. The van der Waals surface area contributed by atoms with Crippen LogP contribution in [-0.2, 0) is 0 Å². The summed E-state index contributed by atoms with van der Waals surface area (Å²) in [6, 6.07) is 128. The summed E-state index contributed by atoms with van der Waals surface area (Å²) in [4.78, 5) is 4.62. The van der Waals surface area contributed by atoms with Gasteiger partial charge in [-0.25, -0.2) is 4.98 Å². The van der Waals surface area contributed by atoms with Crippen molar-refractivity contribution in [1.82, 2.24) is 23.3 Å². The first-order chi connectivity index (χ1) is 57.4. The highest BCUT2D eigenvalue weighted by atomic mass is 32.1. The number of hydrogen-bond donors (Lipinski definition) is 0. The maximum Gasteiger partial charge on any atom is 0.219 e. The number of aromatic nitrogens is 5. The van der Waals surface area contributed by atoms with E-state index in [-0.39, 0.29) is 0 Å². The molecule has 0 spiro atoms. The molecule has 12 nitrogen and oxygen atoms in total. The van der Waals surface area contributed by atoms with E-state index in [9.17, 15) is 10.5 Å². The van der Waals surface area contributed by atoms with Crippen LogP contribution >= 0.6 is 11.3 Å². The van der Waals surface area contributed by atoms with E-state index in [2.05, 4.69) is 248 Å². The molecule has 0 aliphatic heterocycles. The lowest BCUT2D eigenvalue weighted by molar-refractivity contribution is 0.458. The Morgan fingerprint density at radius 3 is 1.04 bits per heavy atom. The normalized spacial score (nSPS) is 11.6. The molecule has 0 amide bonds. The summed E-state index contributed by atoms with van der Waals surface area (Å²) in [7, 11) is 0. The number of ether oxygens (including phenoxy) is 3. The van der Waals surface area contributed by atoms with E-state index >= 15 is 0 Å². The van der Waals surface area contributed by atoms with E-state index in [1.54, 1.807) is 11.3 Å². The molecule has 0 aliphatic rings. The van der Waals surface area contributed by atoms with E-state index in [1.165, 1.54) is 53.4 Å². The highest BCUT2D eigenvalue weighted by Crippen LogP contribution is 2.46. The van der Waals surface area contributed by atoms with E-state index in [0.29, 0.717) is 45.6 Å². The maximum absolute atomic E-state index is 10.3. The number of thiophene rings is 1. The van der Waals surface area contributed by atoms with Gasteiger partial charge in [0.05, 0.1) is 71.8 Å². The van der Waals surface area contributed by atoms with Gasteiger partial charge < -0.3 is 41.3 Å². The average Bonchev–Trinajstić information content (AvgIpc) is 1.70. The summed E-state index contributed by atoms with van der Waals surface area (Å²) in [6.07, 6.45) is 1.85. The Bertz CT molecular complexity index is 8040. The van der Waals surface area contributed by atoms with Gasteiger partial charge in [-0.3, -0.25) is 0 Å². The minimum atomic E-state index is 0.456. The highest BCUT2D eigenvalue weighted by Gasteiger charge is 2.23. The van der Waals surface area contributed by atoms with Crippen molar-refractivity contribution >= 4 is 163 Å². The van der Waals surface area contributed by atoms with Crippen molar-refractivity contribution < 1.29 is 23.0 Å². The minimum Gasteiger partial charge on any atom is -0.454 e. The fraction of sp³-hybridized carbons (Fsp3) is 0. The minimum absolute atomic E-state index is 0.456. The number of pyridine rings is 1. The lowest BCUT2D eigenvalue weighted by Crippen LogP contribution is -1.97. The third kappa shape index (κ3) is 11.1. The van der Waals surface area contributed by atoms with Crippen molar-refractivity contribution in [2.45, 2.75) is 0 Å². The number of nitrogens with zero attached hydrogens (tertiary/aromatic N) is 7. The van der Waals surface area contributed by atoms with Crippen LogP contribution in [0.3, 0.4) is 0 Å². The standard InChI is InChI=1S/C43H25N3OS.C31H18N2O2.C29H18N2O2/c44-26-27-24-28(21-23-40(27)47-41-18-9-14-34-33-13-4-8-19-42(33)48-43(34)41)45-38-17-7-3-12-32(38)35-25-29(20-22-39(35)45)46-36-15-5-1-10-30(36)31-11-2-6-16-37(31)46;32-19-20-18-21(33-26-12-4-1-8-22(26)23-9-2-5-13-27(23)33)16-17-28(20)34-30-15-7-11-25-24-10-3-6-14-29(24)35-31(25)30;1-4-12-24-20(8-1)21-9-2-5-13-25(21)31(24)19-16-17-28(30-18-19)32-27-15-7-11-23-22-10-3-6-14-26(22)33-29(23)27/h1-25H;1-18H;1-18H. The summed E-state index contributed by atoms with van der Waals surface area (Å²) in [5.74, 6) is 3.55. The van der Waals surface area contributed by atoms with E-state index in [1.807, 2.05) is 158 Å². The monoisotopic (exact) mass is 1510 g/mol. The Balaban J connectivity index is 0.000000108. The number of para-hydroxylation sites is 11. The van der Waals surface area contributed by atoms with Crippen molar-refractivity contribution in [3.05, 3.63) is 381 Å². The van der Waals surface area contributed by atoms with Crippen LogP contribution in [0, 0.1) is 22.7 Å². The van der Waals surface area contributed by atoms with Gasteiger partial charge in [-0.15, -0.1) is 11.3 Å². The second-order valence-electron chi connectivity index (χ2n) is 28.6. The Morgan fingerprint density at radius 1 is 0.259 bits per heavy atom. The van der Waals surface area contributed by atoms with Gasteiger partial charge in [0.1, 0.15) is 40.6 Å². The van der Waals surface area contributed by atoms with E-state index in [4.69, 9.17) is 23.0 Å². The largest absolute Gasteiger partial charge is 0.454 e. The Morgan fingerprint density at radius 2 is 0.595 bits per heavy atom. The van der Waals surface area contributed by atoms with Gasteiger partial charge in [0.15, 0.2) is 22.7 Å². The second kappa shape index (κ2) is 27.5. The molecule has 0 N–H and O–H groups in total. The molecule has 13 heteroatoms.